The fourth-order valence-electron chi connectivity index (χ4n) is 9.17. The number of rotatable bonds is 20. The first kappa shape index (κ1) is 57.5. The van der Waals surface area contributed by atoms with E-state index in [1.165, 1.54) is 33.9 Å². The minimum Gasteiger partial charge on any atom is -0.394 e. The molecular weight excluding hydrogens is 1210 g/mol. The standard InChI is InChI=1S/C38H48BrN16O22P3/c39-14-7-53(38(61)47-30(14)41)26-4-16(19(8-56)71-26)75-79(64,65)69-11-22-18(6-27(74-22)55-13-45-29-32(55)49-36(43)51-34(29)59)77-80(66,67)70-10-21-17(5-25(73-21)52-2-1-23(40)46-37(52)60)76-78(62,63)68-9-20-15(57)3-24(72-20)54-12-44-28-31(54)48-35(42)50-33(28)58/h1-2,7,12-13,15-22,24-27,56-57H,3-6,8-11H2,(H,62,63)(H,64,65)(H,66,67)(H2,40,46,60)(H2,41,47,61)(H3,42,48,50,58)(H3,43,49,51,59)/t15-,16-,17-,18-,19+,20+,21+,22+,24+,25+,26+,27+/m0/s1. The lowest BCUT2D eigenvalue weighted by Crippen LogP contribution is -2.31. The van der Waals surface area contributed by atoms with Crippen LogP contribution in [0.3, 0.4) is 0 Å². The fourth-order valence-corrected chi connectivity index (χ4v) is 12.4. The summed E-state index contributed by atoms with van der Waals surface area (Å²) in [7, 11) is -15.8. The maximum Gasteiger partial charge on any atom is 0.472 e. The summed E-state index contributed by atoms with van der Waals surface area (Å²) >= 11 is 3.16. The molecule has 6 aromatic rings. The lowest BCUT2D eigenvalue weighted by Gasteiger charge is -2.25. The summed E-state index contributed by atoms with van der Waals surface area (Å²) < 4.78 is 102. The van der Waals surface area contributed by atoms with Gasteiger partial charge in [-0.05, 0) is 22.0 Å². The molecule has 42 heteroatoms. The van der Waals surface area contributed by atoms with E-state index >= 15 is 0 Å². The number of fused-ring (bicyclic) bond motifs is 2. The van der Waals surface area contributed by atoms with Crippen molar-refractivity contribution < 1.29 is 84.7 Å². The second-order valence-corrected chi connectivity index (χ2v) is 23.3. The number of nitrogen functional groups attached to an aromatic ring is 4. The van der Waals surface area contributed by atoms with E-state index in [0.717, 1.165) is 15.5 Å². The lowest BCUT2D eigenvalue weighted by molar-refractivity contribution is -0.0630. The number of nitrogens with zero attached hydrogens (tertiary/aromatic N) is 10. The number of nitrogens with two attached hydrogens (primary N) is 4. The molecule has 15 atom stereocenters. The van der Waals surface area contributed by atoms with Gasteiger partial charge in [0.05, 0.1) is 49.7 Å². The largest absolute Gasteiger partial charge is 0.472 e. The third-order valence-corrected chi connectivity index (χ3v) is 16.5. The SMILES string of the molecule is Nc1ccn([C@H]2C[C@H](OP(=O)(O)OC[C@H]3O[C@@H](n4cnc5c(=O)[nH]c(N)nc54)C[C@@H]3O)[C@@H](COP(=O)(O)O[C@H]3C[C@H](n4cnc5c(=O)[nH]c(N)nc54)O[C@@H]3COP(=O)(O)O[C@H]3C[C@H](n4cc(Br)c(N)nc4=O)O[C@@H]3CO)O2)c(=O)n1. The van der Waals surface area contributed by atoms with Gasteiger partial charge in [-0.2, -0.15) is 19.9 Å². The molecule has 4 fully saturated rings. The van der Waals surface area contributed by atoms with Crippen LogP contribution in [-0.2, 0) is 59.8 Å². The van der Waals surface area contributed by atoms with Gasteiger partial charge >= 0.3 is 34.8 Å². The molecule has 38 nitrogen and oxygen atoms in total. The molecule has 0 spiro atoms. The first-order valence-electron chi connectivity index (χ1n) is 23.5. The Hall–Kier alpha value is -5.77. The monoisotopic (exact) mass is 1250 g/mol. The molecule has 4 aliphatic rings. The Morgan fingerprint density at radius 2 is 1.04 bits per heavy atom. The quantitative estimate of drug-likeness (QED) is 0.0364. The van der Waals surface area contributed by atoms with Crippen molar-refractivity contribution in [1.82, 2.24) is 58.1 Å². The predicted molar refractivity (Wildman–Crippen MR) is 268 cm³/mol. The van der Waals surface area contributed by atoms with Crippen LogP contribution in [0.15, 0.2) is 54.8 Å². The van der Waals surface area contributed by atoms with Gasteiger partial charge in [0.1, 0.15) is 79.3 Å². The number of aromatic nitrogens is 12. The van der Waals surface area contributed by atoms with Crippen LogP contribution in [0.25, 0.3) is 22.3 Å². The average Bonchev–Trinajstić information content (AvgIpc) is 4.25. The molecule has 4 aliphatic heterocycles. The van der Waals surface area contributed by atoms with Crippen LogP contribution < -0.4 is 45.4 Å². The molecule has 15 N–H and O–H groups in total. The highest BCUT2D eigenvalue weighted by Crippen LogP contribution is 2.54. The number of aliphatic hydroxyl groups is 2. The number of aromatic amines is 2. The topological polar surface area (TPSA) is 546 Å². The number of phosphoric ester groups is 3. The van der Waals surface area contributed by atoms with Gasteiger partial charge in [0.15, 0.2) is 22.3 Å². The number of aliphatic hydroxyl groups excluding tert-OH is 2. The Kier molecular flexibility index (Phi) is 16.2. The number of imidazole rings is 2. The van der Waals surface area contributed by atoms with Crippen molar-refractivity contribution in [1.29, 1.82) is 0 Å². The van der Waals surface area contributed by atoms with Crippen molar-refractivity contribution >= 4 is 85.3 Å². The summed E-state index contributed by atoms with van der Waals surface area (Å²) in [5, 5.41) is 20.9. The highest BCUT2D eigenvalue weighted by atomic mass is 79.9. The number of ether oxygens (including phenoxy) is 4. The molecule has 10 rings (SSSR count). The summed E-state index contributed by atoms with van der Waals surface area (Å²) in [6, 6.07) is 1.25. The van der Waals surface area contributed by atoms with Gasteiger partial charge in [-0.25, -0.2) is 33.3 Å². The normalized spacial score (nSPS) is 29.3. The Morgan fingerprint density at radius 1 is 0.613 bits per heavy atom. The number of nitrogens with one attached hydrogen (secondary N) is 2. The molecule has 0 aliphatic carbocycles. The minimum absolute atomic E-state index is 0.0333. The molecule has 80 heavy (non-hydrogen) atoms. The Labute approximate surface area is 452 Å². The Balaban J connectivity index is 0.829. The van der Waals surface area contributed by atoms with Crippen LogP contribution in [0.1, 0.15) is 50.6 Å². The van der Waals surface area contributed by atoms with E-state index in [1.807, 2.05) is 0 Å². The molecule has 0 radical (unpaired) electrons. The molecular formula is C38H48BrN16O22P3. The van der Waals surface area contributed by atoms with Crippen LogP contribution >= 0.6 is 39.4 Å². The maximum absolute atomic E-state index is 14.0. The molecule has 0 saturated carbocycles. The smallest absolute Gasteiger partial charge is 0.394 e. The van der Waals surface area contributed by atoms with Crippen LogP contribution in [0, 0.1) is 0 Å². The van der Waals surface area contributed by atoms with Crippen molar-refractivity contribution in [3.05, 3.63) is 77.3 Å². The van der Waals surface area contributed by atoms with Crippen molar-refractivity contribution in [3.63, 3.8) is 0 Å². The fraction of sp³-hybridized carbons (Fsp3) is 0.526. The number of hydrogen-bond donors (Lipinski definition) is 11. The number of H-pyrrole nitrogens is 2. The number of halogens is 1. The summed E-state index contributed by atoms with van der Waals surface area (Å²) in [5.74, 6) is -0.805. The van der Waals surface area contributed by atoms with Crippen LogP contribution in [-0.4, -0.2) is 158 Å². The summed E-state index contributed by atoms with van der Waals surface area (Å²) in [6.07, 6.45) is -12.6. The third kappa shape index (κ3) is 12.4. The minimum atomic E-state index is -5.39. The molecule has 0 aromatic carbocycles. The van der Waals surface area contributed by atoms with Crippen molar-refractivity contribution in [3.8, 4) is 0 Å². The van der Waals surface area contributed by atoms with Crippen molar-refractivity contribution in [2.45, 2.75) is 99.4 Å². The van der Waals surface area contributed by atoms with E-state index in [4.69, 9.17) is 69.0 Å². The van der Waals surface area contributed by atoms with Crippen molar-refractivity contribution in [2.75, 3.05) is 49.4 Å². The maximum atomic E-state index is 14.0. The Morgan fingerprint density at radius 3 is 1.54 bits per heavy atom. The zero-order valence-electron chi connectivity index (χ0n) is 40.6. The molecule has 6 aromatic heterocycles. The zero-order valence-corrected chi connectivity index (χ0v) is 44.9. The number of anilines is 4. The van der Waals surface area contributed by atoms with E-state index in [-0.39, 0.29) is 63.2 Å². The van der Waals surface area contributed by atoms with Gasteiger partial charge < -0.3 is 66.8 Å². The molecule has 10 heterocycles. The number of hydrogen-bond acceptors (Lipinski definition) is 29. The van der Waals surface area contributed by atoms with E-state index in [2.05, 4.69) is 55.8 Å². The highest BCUT2D eigenvalue weighted by molar-refractivity contribution is 9.10. The predicted octanol–water partition coefficient (Wildman–Crippen LogP) is -2.13. The average molecular weight is 1250 g/mol. The molecule has 4 saturated heterocycles. The second-order valence-electron chi connectivity index (χ2n) is 18.2. The van der Waals surface area contributed by atoms with Gasteiger partial charge in [0, 0.05) is 38.1 Å². The third-order valence-electron chi connectivity index (χ3n) is 12.9. The molecule has 0 amide bonds. The molecule has 3 unspecified atom stereocenters. The van der Waals surface area contributed by atoms with Crippen molar-refractivity contribution in [2.24, 2.45) is 0 Å². The second kappa shape index (κ2) is 22.5. The summed E-state index contributed by atoms with van der Waals surface area (Å²) in [5.41, 5.74) is 19.4. The van der Waals surface area contributed by atoms with Crippen LogP contribution in [0.4, 0.5) is 23.5 Å². The van der Waals surface area contributed by atoms with Gasteiger partial charge in [-0.3, -0.25) is 65.0 Å². The Bertz CT molecular complexity index is 3710. The zero-order chi connectivity index (χ0) is 57.2. The van der Waals surface area contributed by atoms with Gasteiger partial charge in [0.25, 0.3) is 11.1 Å². The molecule has 0 bridgehead atoms. The van der Waals surface area contributed by atoms with Crippen LogP contribution in [0.2, 0.25) is 0 Å². The van der Waals surface area contributed by atoms with Gasteiger partial charge in [-0.1, -0.05) is 0 Å². The van der Waals surface area contributed by atoms with E-state index in [1.54, 1.807) is 0 Å². The van der Waals surface area contributed by atoms with Gasteiger partial charge in [0.2, 0.25) is 11.9 Å². The first-order chi connectivity index (χ1) is 37.8. The summed E-state index contributed by atoms with van der Waals surface area (Å²) in [6.45, 7) is -3.39. The highest BCUT2D eigenvalue weighted by Gasteiger charge is 2.48. The van der Waals surface area contributed by atoms with E-state index < -0.39 is 159 Å². The van der Waals surface area contributed by atoms with E-state index in [9.17, 15) is 57.8 Å². The first-order valence-corrected chi connectivity index (χ1v) is 28.8. The number of phosphoric acid groups is 3. The van der Waals surface area contributed by atoms with Crippen LogP contribution in [0.5, 0.6) is 0 Å². The van der Waals surface area contributed by atoms with E-state index in [0.29, 0.717) is 0 Å². The lowest BCUT2D eigenvalue weighted by atomic mass is 10.2. The van der Waals surface area contributed by atoms with Gasteiger partial charge in [-0.15, -0.1) is 0 Å². The summed E-state index contributed by atoms with van der Waals surface area (Å²) in [4.78, 5) is 112. The molecule has 434 valence electrons.